The number of aryl methyl sites for hydroxylation is 1. The molecule has 0 aliphatic heterocycles. The van der Waals surface area contributed by atoms with E-state index < -0.39 is 0 Å². The number of hydrogen-bond acceptors (Lipinski definition) is 3. The number of ether oxygens (including phenoxy) is 1. The molecule has 0 aromatic carbocycles. The Morgan fingerprint density at radius 3 is 3.00 bits per heavy atom. The highest BCUT2D eigenvalue weighted by Crippen LogP contribution is 2.08. The molecule has 9 heavy (non-hydrogen) atoms. The molecular formula is C6H9NO2. The third-order valence-electron chi connectivity index (χ3n) is 0.868. The van der Waals surface area contributed by atoms with Gasteiger partial charge >= 0.3 is 6.08 Å². The van der Waals surface area contributed by atoms with Crippen molar-refractivity contribution in [2.24, 2.45) is 0 Å². The fourth-order valence-corrected chi connectivity index (χ4v) is 0.524. The molecule has 0 aliphatic rings. The summed E-state index contributed by atoms with van der Waals surface area (Å²) < 4.78 is 9.94. The van der Waals surface area contributed by atoms with Crippen molar-refractivity contribution in [1.82, 2.24) is 4.98 Å². The summed E-state index contributed by atoms with van der Waals surface area (Å²) >= 11 is 0. The van der Waals surface area contributed by atoms with Gasteiger partial charge in [-0.3, -0.25) is 0 Å². The van der Waals surface area contributed by atoms with Gasteiger partial charge in [0.1, 0.15) is 5.76 Å². The van der Waals surface area contributed by atoms with Gasteiger partial charge in [-0.1, -0.05) is 0 Å². The van der Waals surface area contributed by atoms with Crippen LogP contribution in [0, 0.1) is 6.92 Å². The second-order valence-corrected chi connectivity index (χ2v) is 1.67. The molecule has 0 saturated heterocycles. The van der Waals surface area contributed by atoms with Gasteiger partial charge < -0.3 is 9.15 Å². The molecule has 0 spiro atoms. The Labute approximate surface area is 53.7 Å². The Balaban J connectivity index is 2.61. The first kappa shape index (κ1) is 6.13. The lowest BCUT2D eigenvalue weighted by Gasteiger charge is -1.91. The second-order valence-electron chi connectivity index (χ2n) is 1.67. The van der Waals surface area contributed by atoms with Crippen molar-refractivity contribution in [2.75, 3.05) is 6.61 Å². The van der Waals surface area contributed by atoms with Crippen LogP contribution in [-0.2, 0) is 0 Å². The smallest absolute Gasteiger partial charge is 0.393 e. The van der Waals surface area contributed by atoms with Crippen LogP contribution in [0.1, 0.15) is 12.7 Å². The van der Waals surface area contributed by atoms with E-state index in [1.54, 1.807) is 6.20 Å². The molecular weight excluding hydrogens is 118 g/mol. The number of nitrogens with zero attached hydrogens (tertiary/aromatic N) is 1. The van der Waals surface area contributed by atoms with Gasteiger partial charge in [0.25, 0.3) is 0 Å². The summed E-state index contributed by atoms with van der Waals surface area (Å²) in [7, 11) is 0. The van der Waals surface area contributed by atoms with Gasteiger partial charge in [0.15, 0.2) is 0 Å². The van der Waals surface area contributed by atoms with Crippen molar-refractivity contribution < 1.29 is 9.15 Å². The van der Waals surface area contributed by atoms with Crippen LogP contribution in [0.25, 0.3) is 0 Å². The van der Waals surface area contributed by atoms with Gasteiger partial charge in [-0.25, -0.2) is 0 Å². The van der Waals surface area contributed by atoms with Gasteiger partial charge in [0, 0.05) is 0 Å². The summed E-state index contributed by atoms with van der Waals surface area (Å²) in [4.78, 5) is 3.82. The minimum absolute atomic E-state index is 0.356. The molecule has 0 fully saturated rings. The molecule has 0 aliphatic carbocycles. The first-order chi connectivity index (χ1) is 4.33. The molecule has 0 unspecified atom stereocenters. The monoisotopic (exact) mass is 127 g/mol. The minimum Gasteiger partial charge on any atom is -0.450 e. The van der Waals surface area contributed by atoms with Gasteiger partial charge in [-0.2, -0.15) is 4.98 Å². The maximum Gasteiger partial charge on any atom is 0.393 e. The second kappa shape index (κ2) is 2.53. The third kappa shape index (κ3) is 1.45. The standard InChI is InChI=1S/C6H9NO2/c1-3-8-6-7-4-5(2)9-6/h4H,3H2,1-2H3. The van der Waals surface area contributed by atoms with E-state index in [1.165, 1.54) is 0 Å². The lowest BCUT2D eigenvalue weighted by atomic mass is 10.6. The summed E-state index contributed by atoms with van der Waals surface area (Å²) in [5.74, 6) is 0.776. The summed E-state index contributed by atoms with van der Waals surface area (Å²) in [6, 6.07) is 0. The van der Waals surface area contributed by atoms with Gasteiger partial charge in [0.05, 0.1) is 12.8 Å². The molecule has 0 atom stereocenters. The summed E-state index contributed by atoms with van der Waals surface area (Å²) in [5.41, 5.74) is 0. The SMILES string of the molecule is CCOc1ncc(C)o1. The molecule has 0 N–H and O–H groups in total. The zero-order valence-corrected chi connectivity index (χ0v) is 5.55. The molecule has 50 valence electrons. The molecule has 1 aromatic rings. The van der Waals surface area contributed by atoms with Crippen molar-refractivity contribution in [1.29, 1.82) is 0 Å². The van der Waals surface area contributed by atoms with E-state index in [0.29, 0.717) is 12.7 Å². The molecule has 1 rings (SSSR count). The molecule has 3 heteroatoms. The summed E-state index contributed by atoms with van der Waals surface area (Å²) in [6.45, 7) is 4.31. The van der Waals surface area contributed by atoms with E-state index in [1.807, 2.05) is 13.8 Å². The van der Waals surface area contributed by atoms with Gasteiger partial charge in [0.2, 0.25) is 0 Å². The molecule has 0 radical (unpaired) electrons. The number of rotatable bonds is 2. The van der Waals surface area contributed by atoms with E-state index in [-0.39, 0.29) is 0 Å². The van der Waals surface area contributed by atoms with Crippen molar-refractivity contribution in [3.63, 3.8) is 0 Å². The lowest BCUT2D eigenvalue weighted by Crippen LogP contribution is -1.89. The molecule has 1 aromatic heterocycles. The zero-order chi connectivity index (χ0) is 6.69. The molecule has 1 heterocycles. The molecule has 0 amide bonds. The Morgan fingerprint density at radius 1 is 1.78 bits per heavy atom. The number of oxazole rings is 1. The van der Waals surface area contributed by atoms with Crippen LogP contribution in [0.4, 0.5) is 0 Å². The van der Waals surface area contributed by atoms with Crippen LogP contribution in [0.2, 0.25) is 0 Å². The zero-order valence-electron chi connectivity index (χ0n) is 5.55. The van der Waals surface area contributed by atoms with Crippen molar-refractivity contribution >= 4 is 0 Å². The molecule has 0 bridgehead atoms. The van der Waals surface area contributed by atoms with Crippen LogP contribution in [0.3, 0.4) is 0 Å². The fraction of sp³-hybridized carbons (Fsp3) is 0.500. The lowest BCUT2D eigenvalue weighted by molar-refractivity contribution is 0.240. The van der Waals surface area contributed by atoms with Crippen LogP contribution in [0.5, 0.6) is 6.08 Å². The maximum atomic E-state index is 4.99. The van der Waals surface area contributed by atoms with Crippen LogP contribution < -0.4 is 4.74 Å². The quantitative estimate of drug-likeness (QED) is 0.602. The van der Waals surface area contributed by atoms with E-state index in [2.05, 4.69) is 4.98 Å². The van der Waals surface area contributed by atoms with Crippen molar-refractivity contribution in [3.8, 4) is 6.08 Å². The fourth-order valence-electron chi connectivity index (χ4n) is 0.524. The number of hydrogen-bond donors (Lipinski definition) is 0. The Morgan fingerprint density at radius 2 is 2.56 bits per heavy atom. The van der Waals surface area contributed by atoms with Crippen molar-refractivity contribution in [3.05, 3.63) is 12.0 Å². The van der Waals surface area contributed by atoms with Gasteiger partial charge in [-0.05, 0) is 13.8 Å². The van der Waals surface area contributed by atoms with E-state index >= 15 is 0 Å². The highest BCUT2D eigenvalue weighted by molar-refractivity contribution is 4.93. The van der Waals surface area contributed by atoms with E-state index in [9.17, 15) is 0 Å². The molecule has 0 saturated carbocycles. The van der Waals surface area contributed by atoms with Crippen LogP contribution in [0.15, 0.2) is 10.6 Å². The largest absolute Gasteiger partial charge is 0.450 e. The van der Waals surface area contributed by atoms with E-state index in [0.717, 1.165) is 5.76 Å². The van der Waals surface area contributed by atoms with E-state index in [4.69, 9.17) is 9.15 Å². The Kier molecular flexibility index (Phi) is 1.72. The maximum absolute atomic E-state index is 4.99. The third-order valence-corrected chi connectivity index (χ3v) is 0.868. The molecule has 3 nitrogen and oxygen atoms in total. The topological polar surface area (TPSA) is 35.3 Å². The highest BCUT2D eigenvalue weighted by Gasteiger charge is 1.96. The first-order valence-corrected chi connectivity index (χ1v) is 2.88. The summed E-state index contributed by atoms with van der Waals surface area (Å²) in [5, 5.41) is 0. The van der Waals surface area contributed by atoms with Gasteiger partial charge in [-0.15, -0.1) is 0 Å². The normalized spacial score (nSPS) is 9.56. The average molecular weight is 127 g/mol. The first-order valence-electron chi connectivity index (χ1n) is 2.88. The predicted molar refractivity (Wildman–Crippen MR) is 32.4 cm³/mol. The average Bonchev–Trinajstić information content (AvgIpc) is 2.17. The van der Waals surface area contributed by atoms with Crippen LogP contribution >= 0.6 is 0 Å². The van der Waals surface area contributed by atoms with Crippen molar-refractivity contribution in [2.45, 2.75) is 13.8 Å². The Bertz CT molecular complexity index is 183. The van der Waals surface area contributed by atoms with Crippen LogP contribution in [-0.4, -0.2) is 11.6 Å². The highest BCUT2D eigenvalue weighted by atomic mass is 16.6. The number of aromatic nitrogens is 1. The predicted octanol–water partition coefficient (Wildman–Crippen LogP) is 1.38. The summed E-state index contributed by atoms with van der Waals surface area (Å²) in [6.07, 6.45) is 1.99. The Hall–Kier alpha value is -0.990. The minimum atomic E-state index is 0.356.